The van der Waals surface area contributed by atoms with Crippen LogP contribution in [0.1, 0.15) is 11.1 Å². The second-order valence-corrected chi connectivity index (χ2v) is 4.32. The van der Waals surface area contributed by atoms with Crippen LogP contribution in [0.5, 0.6) is 6.01 Å². The van der Waals surface area contributed by atoms with Crippen LogP contribution in [0.15, 0.2) is 30.5 Å². The van der Waals surface area contributed by atoms with Gasteiger partial charge in [-0.05, 0) is 11.1 Å². The highest BCUT2D eigenvalue weighted by molar-refractivity contribution is 5.71. The lowest BCUT2D eigenvalue weighted by atomic mass is 10.1. The van der Waals surface area contributed by atoms with E-state index in [1.807, 2.05) is 24.3 Å². The zero-order valence-electron chi connectivity index (χ0n) is 10.7. The number of hydrogen-bond donors (Lipinski definition) is 3. The molecule has 0 aliphatic heterocycles. The molecule has 3 aromatic rings. The summed E-state index contributed by atoms with van der Waals surface area (Å²) in [5, 5.41) is 0. The van der Waals surface area contributed by atoms with Gasteiger partial charge in [-0.15, -0.1) is 0 Å². The maximum absolute atomic E-state index is 5.58. The first-order chi connectivity index (χ1) is 9.74. The van der Waals surface area contributed by atoms with Crippen LogP contribution in [-0.2, 0) is 13.2 Å². The van der Waals surface area contributed by atoms with Gasteiger partial charge in [0.15, 0.2) is 5.65 Å². The third-order valence-corrected chi connectivity index (χ3v) is 2.87. The summed E-state index contributed by atoms with van der Waals surface area (Å²) >= 11 is 0. The molecule has 0 amide bonds. The van der Waals surface area contributed by atoms with Gasteiger partial charge >= 0.3 is 0 Å². The smallest absolute Gasteiger partial charge is 0.296 e. The summed E-state index contributed by atoms with van der Waals surface area (Å²) in [6, 6.07) is 8.29. The normalized spacial score (nSPS) is 10.8. The Morgan fingerprint density at radius 1 is 1.10 bits per heavy atom. The molecule has 0 aliphatic rings. The number of H-pyrrole nitrogens is 1. The molecule has 2 aromatic heterocycles. The number of aromatic nitrogens is 4. The third-order valence-electron chi connectivity index (χ3n) is 2.87. The molecule has 0 fully saturated rings. The van der Waals surface area contributed by atoms with E-state index in [1.165, 1.54) is 0 Å². The molecule has 5 N–H and O–H groups in total. The zero-order chi connectivity index (χ0) is 13.9. The van der Waals surface area contributed by atoms with E-state index < -0.39 is 0 Å². The van der Waals surface area contributed by atoms with E-state index in [9.17, 15) is 0 Å². The van der Waals surface area contributed by atoms with E-state index in [1.54, 1.807) is 6.20 Å². The Balaban J connectivity index is 1.72. The first kappa shape index (κ1) is 12.4. The molecule has 0 radical (unpaired) electrons. The molecule has 0 spiro atoms. The number of nitrogens with zero attached hydrogens (tertiary/aromatic N) is 3. The Morgan fingerprint density at radius 3 is 2.60 bits per heavy atom. The van der Waals surface area contributed by atoms with Crippen molar-refractivity contribution in [3.8, 4) is 6.01 Å². The minimum Gasteiger partial charge on any atom is -0.460 e. The van der Waals surface area contributed by atoms with Crippen LogP contribution >= 0.6 is 0 Å². The van der Waals surface area contributed by atoms with Gasteiger partial charge in [-0.25, -0.2) is 4.98 Å². The number of nitrogens with two attached hydrogens (primary N) is 2. The Bertz CT molecular complexity index is 721. The quantitative estimate of drug-likeness (QED) is 0.650. The van der Waals surface area contributed by atoms with Crippen LogP contribution in [0.25, 0.3) is 11.2 Å². The molecule has 0 saturated heterocycles. The first-order valence-corrected chi connectivity index (χ1v) is 6.13. The van der Waals surface area contributed by atoms with Gasteiger partial charge in [0.25, 0.3) is 6.01 Å². The maximum Gasteiger partial charge on any atom is 0.296 e. The van der Waals surface area contributed by atoms with Gasteiger partial charge < -0.3 is 21.2 Å². The highest BCUT2D eigenvalue weighted by Crippen LogP contribution is 2.15. The monoisotopic (exact) mass is 270 g/mol. The lowest BCUT2D eigenvalue weighted by Crippen LogP contribution is -1.99. The predicted octanol–water partition coefficient (Wildman–Crippen LogP) is 0.973. The summed E-state index contributed by atoms with van der Waals surface area (Å²) in [7, 11) is 0. The highest BCUT2D eigenvalue weighted by Gasteiger charge is 2.06. The summed E-state index contributed by atoms with van der Waals surface area (Å²) in [6.07, 6.45) is 1.58. The van der Waals surface area contributed by atoms with Crippen molar-refractivity contribution >= 4 is 17.1 Å². The Kier molecular flexibility index (Phi) is 3.18. The second-order valence-electron chi connectivity index (χ2n) is 4.32. The number of imidazole rings is 1. The Labute approximate surface area is 115 Å². The molecule has 0 unspecified atom stereocenters. The molecule has 20 heavy (non-hydrogen) atoms. The minimum atomic E-state index is 0.188. The number of rotatable bonds is 4. The molecular formula is C13H14N6O. The summed E-state index contributed by atoms with van der Waals surface area (Å²) in [5.41, 5.74) is 14.4. The van der Waals surface area contributed by atoms with Gasteiger partial charge in [0.05, 0.1) is 6.20 Å². The SMILES string of the molecule is NCc1ccc(COc2nc3nc(N)ncc3[nH]2)cc1. The molecule has 1 aromatic carbocycles. The predicted molar refractivity (Wildman–Crippen MR) is 74.8 cm³/mol. The van der Waals surface area contributed by atoms with Crippen LogP contribution < -0.4 is 16.2 Å². The lowest BCUT2D eigenvalue weighted by Gasteiger charge is -2.03. The van der Waals surface area contributed by atoms with Crippen molar-refractivity contribution in [2.75, 3.05) is 5.73 Å². The van der Waals surface area contributed by atoms with Crippen LogP contribution in [-0.4, -0.2) is 19.9 Å². The van der Waals surface area contributed by atoms with E-state index in [0.29, 0.717) is 30.3 Å². The standard InChI is InChI=1S/C13H14N6O/c14-5-8-1-3-9(4-2-8)7-20-13-17-10-6-16-12(15)18-11(10)19-13/h1-4,6H,5,7,14H2,(H3,15,16,17,18,19). The fraction of sp³-hybridized carbons (Fsp3) is 0.154. The average Bonchev–Trinajstić information content (AvgIpc) is 2.87. The molecule has 0 saturated carbocycles. The average molecular weight is 270 g/mol. The van der Waals surface area contributed by atoms with Crippen molar-refractivity contribution in [3.05, 3.63) is 41.6 Å². The van der Waals surface area contributed by atoms with Gasteiger partial charge in [0.1, 0.15) is 12.1 Å². The molecule has 0 atom stereocenters. The van der Waals surface area contributed by atoms with Crippen LogP contribution in [0.2, 0.25) is 0 Å². The van der Waals surface area contributed by atoms with Crippen molar-refractivity contribution in [2.24, 2.45) is 5.73 Å². The maximum atomic E-state index is 5.58. The van der Waals surface area contributed by atoms with Gasteiger partial charge in [-0.1, -0.05) is 24.3 Å². The van der Waals surface area contributed by atoms with Crippen molar-refractivity contribution < 1.29 is 4.74 Å². The fourth-order valence-electron chi connectivity index (χ4n) is 1.79. The Hall–Kier alpha value is -2.67. The molecule has 7 nitrogen and oxygen atoms in total. The minimum absolute atomic E-state index is 0.188. The summed E-state index contributed by atoms with van der Waals surface area (Å²) in [4.78, 5) is 15.1. The molecule has 0 aliphatic carbocycles. The van der Waals surface area contributed by atoms with Crippen molar-refractivity contribution in [2.45, 2.75) is 13.2 Å². The number of aromatic amines is 1. The van der Waals surface area contributed by atoms with Crippen molar-refractivity contribution in [1.82, 2.24) is 19.9 Å². The molecule has 2 heterocycles. The number of nitrogens with one attached hydrogen (secondary N) is 1. The lowest BCUT2D eigenvalue weighted by molar-refractivity contribution is 0.284. The number of benzene rings is 1. The second kappa shape index (κ2) is 5.14. The molecule has 3 rings (SSSR count). The highest BCUT2D eigenvalue weighted by atomic mass is 16.5. The Morgan fingerprint density at radius 2 is 1.85 bits per heavy atom. The number of anilines is 1. The number of fused-ring (bicyclic) bond motifs is 1. The number of ether oxygens (including phenoxy) is 1. The van der Waals surface area contributed by atoms with Crippen molar-refractivity contribution in [1.29, 1.82) is 0 Å². The van der Waals surface area contributed by atoms with E-state index in [0.717, 1.165) is 11.1 Å². The van der Waals surface area contributed by atoms with Crippen molar-refractivity contribution in [3.63, 3.8) is 0 Å². The number of nitrogen functional groups attached to an aromatic ring is 1. The van der Waals surface area contributed by atoms with Gasteiger partial charge in [0, 0.05) is 6.54 Å². The van der Waals surface area contributed by atoms with Crippen LogP contribution in [0.3, 0.4) is 0 Å². The number of hydrogen-bond acceptors (Lipinski definition) is 6. The molecule has 0 bridgehead atoms. The first-order valence-electron chi connectivity index (χ1n) is 6.13. The van der Waals surface area contributed by atoms with Gasteiger partial charge in [-0.3, -0.25) is 0 Å². The van der Waals surface area contributed by atoms with E-state index in [2.05, 4.69) is 19.9 Å². The zero-order valence-corrected chi connectivity index (χ0v) is 10.7. The van der Waals surface area contributed by atoms with E-state index in [4.69, 9.17) is 16.2 Å². The van der Waals surface area contributed by atoms with Crippen LogP contribution in [0, 0.1) is 0 Å². The summed E-state index contributed by atoms with van der Waals surface area (Å²) in [5.74, 6) is 0.188. The molecule has 7 heteroatoms. The van der Waals surface area contributed by atoms with Crippen LogP contribution in [0.4, 0.5) is 5.95 Å². The molecular weight excluding hydrogens is 256 g/mol. The topological polar surface area (TPSA) is 116 Å². The fourth-order valence-corrected chi connectivity index (χ4v) is 1.79. The summed E-state index contributed by atoms with van der Waals surface area (Å²) < 4.78 is 5.58. The van der Waals surface area contributed by atoms with E-state index >= 15 is 0 Å². The largest absolute Gasteiger partial charge is 0.460 e. The van der Waals surface area contributed by atoms with Gasteiger partial charge in [0.2, 0.25) is 5.95 Å². The van der Waals surface area contributed by atoms with Gasteiger partial charge in [-0.2, -0.15) is 9.97 Å². The third kappa shape index (κ3) is 2.52. The molecule has 102 valence electrons. The summed E-state index contributed by atoms with van der Waals surface area (Å²) in [6.45, 7) is 0.943. The van der Waals surface area contributed by atoms with E-state index in [-0.39, 0.29) is 5.95 Å².